The van der Waals surface area contributed by atoms with Gasteiger partial charge < -0.3 is 5.73 Å². The summed E-state index contributed by atoms with van der Waals surface area (Å²) in [6.07, 6.45) is 2.71. The first kappa shape index (κ1) is 14.5. The van der Waals surface area contributed by atoms with Crippen molar-refractivity contribution in [3.05, 3.63) is 34.9 Å². The number of rotatable bonds is 3. The van der Waals surface area contributed by atoms with Gasteiger partial charge in [0, 0.05) is 37.3 Å². The first-order valence-corrected chi connectivity index (χ1v) is 7.96. The Morgan fingerprint density at radius 3 is 2.90 bits per heavy atom. The molecule has 4 nitrogen and oxygen atoms in total. The molecule has 3 N–H and O–H groups in total. The number of amidine groups is 1. The van der Waals surface area contributed by atoms with E-state index < -0.39 is 0 Å². The Labute approximate surface area is 127 Å². The first-order valence-electron chi connectivity index (χ1n) is 7.96. The van der Waals surface area contributed by atoms with E-state index in [2.05, 4.69) is 29.7 Å². The van der Waals surface area contributed by atoms with E-state index in [4.69, 9.17) is 11.1 Å². The van der Waals surface area contributed by atoms with E-state index in [1.54, 1.807) is 0 Å². The Balaban J connectivity index is 1.72. The summed E-state index contributed by atoms with van der Waals surface area (Å²) < 4.78 is 0. The van der Waals surface area contributed by atoms with Crippen LogP contribution in [-0.4, -0.2) is 47.4 Å². The second kappa shape index (κ2) is 5.78. The summed E-state index contributed by atoms with van der Waals surface area (Å²) in [7, 11) is 0. The zero-order valence-electron chi connectivity index (χ0n) is 13.1. The number of hydrogen-bond donors (Lipinski definition) is 2. The van der Waals surface area contributed by atoms with E-state index in [1.807, 2.05) is 12.1 Å². The summed E-state index contributed by atoms with van der Waals surface area (Å²) in [5.74, 6) is 0.151. The Morgan fingerprint density at radius 1 is 1.38 bits per heavy atom. The van der Waals surface area contributed by atoms with E-state index in [1.165, 1.54) is 43.6 Å². The zero-order chi connectivity index (χ0) is 15.0. The number of nitrogens with zero attached hydrogens (tertiary/aromatic N) is 2. The number of benzene rings is 1. The van der Waals surface area contributed by atoms with Gasteiger partial charge >= 0.3 is 0 Å². The molecule has 0 spiro atoms. The summed E-state index contributed by atoms with van der Waals surface area (Å²) in [5, 5.41) is 7.53. The maximum atomic E-state index is 7.53. The standard InChI is InChI=1S/C17H26N4/c1-12-8-14(17(18)19)5-6-15(12)10-21-11-16-4-3-7-20(16)9-13(21)2/h5-6,8,13,16H,3-4,7,9-11H2,1-2H3,(H3,18,19). The molecule has 0 radical (unpaired) electrons. The van der Waals surface area contributed by atoms with Crippen LogP contribution >= 0.6 is 0 Å². The monoisotopic (exact) mass is 286 g/mol. The fraction of sp³-hybridized carbons (Fsp3) is 0.588. The lowest BCUT2D eigenvalue weighted by molar-refractivity contribution is 0.0539. The summed E-state index contributed by atoms with van der Waals surface area (Å²) in [5.41, 5.74) is 8.99. The summed E-state index contributed by atoms with van der Waals surface area (Å²) >= 11 is 0. The second-order valence-corrected chi connectivity index (χ2v) is 6.62. The molecule has 1 aromatic rings. The van der Waals surface area contributed by atoms with Crippen LogP contribution in [-0.2, 0) is 6.54 Å². The SMILES string of the molecule is Cc1cc(C(=N)N)ccc1CN1CC2CCCN2CC1C. The van der Waals surface area contributed by atoms with Crippen molar-refractivity contribution in [1.29, 1.82) is 5.41 Å². The summed E-state index contributed by atoms with van der Waals surface area (Å²) in [4.78, 5) is 5.27. The second-order valence-electron chi connectivity index (χ2n) is 6.62. The molecule has 0 saturated carbocycles. The largest absolute Gasteiger partial charge is 0.384 e. The first-order chi connectivity index (χ1) is 10.0. The Kier molecular flexibility index (Phi) is 4.00. The number of nitrogen functional groups attached to an aromatic ring is 1. The predicted octanol–water partition coefficient (Wildman–Crippen LogP) is 1.95. The van der Waals surface area contributed by atoms with Gasteiger partial charge in [-0.1, -0.05) is 12.1 Å². The summed E-state index contributed by atoms with van der Waals surface area (Å²) in [6, 6.07) is 7.53. The predicted molar refractivity (Wildman–Crippen MR) is 86.7 cm³/mol. The van der Waals surface area contributed by atoms with Crippen LogP contribution in [0, 0.1) is 12.3 Å². The fourth-order valence-electron chi connectivity index (χ4n) is 3.73. The van der Waals surface area contributed by atoms with Crippen molar-refractivity contribution in [2.45, 2.75) is 45.3 Å². The highest BCUT2D eigenvalue weighted by Gasteiger charge is 2.34. The lowest BCUT2D eigenvalue weighted by Crippen LogP contribution is -2.54. The van der Waals surface area contributed by atoms with Crippen LogP contribution in [0.3, 0.4) is 0 Å². The maximum Gasteiger partial charge on any atom is 0.122 e. The van der Waals surface area contributed by atoms with E-state index in [-0.39, 0.29) is 5.84 Å². The molecule has 2 aliphatic rings. The van der Waals surface area contributed by atoms with E-state index in [0.29, 0.717) is 6.04 Å². The van der Waals surface area contributed by atoms with E-state index in [9.17, 15) is 0 Å². The molecule has 2 heterocycles. The third-order valence-electron chi connectivity index (χ3n) is 5.09. The molecule has 2 saturated heterocycles. The normalized spacial score (nSPS) is 26.8. The van der Waals surface area contributed by atoms with Crippen LogP contribution in [0.4, 0.5) is 0 Å². The molecule has 21 heavy (non-hydrogen) atoms. The Hall–Kier alpha value is -1.39. The maximum absolute atomic E-state index is 7.53. The number of nitrogens with one attached hydrogen (secondary N) is 1. The molecular formula is C17H26N4. The number of aryl methyl sites for hydroxylation is 1. The minimum absolute atomic E-state index is 0.151. The summed E-state index contributed by atoms with van der Waals surface area (Å²) in [6.45, 7) is 9.15. The minimum atomic E-state index is 0.151. The quantitative estimate of drug-likeness (QED) is 0.659. The van der Waals surface area contributed by atoms with Crippen LogP contribution in [0.2, 0.25) is 0 Å². The van der Waals surface area contributed by atoms with E-state index >= 15 is 0 Å². The highest BCUT2D eigenvalue weighted by atomic mass is 15.3. The molecule has 0 bridgehead atoms. The van der Waals surface area contributed by atoms with Crippen LogP contribution in [0.25, 0.3) is 0 Å². The highest BCUT2D eigenvalue weighted by Crippen LogP contribution is 2.26. The molecule has 0 amide bonds. The van der Waals surface area contributed by atoms with Gasteiger partial charge in [0.25, 0.3) is 0 Å². The molecule has 1 aromatic carbocycles. The van der Waals surface area contributed by atoms with Crippen molar-refractivity contribution in [3.63, 3.8) is 0 Å². The van der Waals surface area contributed by atoms with Crippen LogP contribution in [0.5, 0.6) is 0 Å². The van der Waals surface area contributed by atoms with Crippen molar-refractivity contribution >= 4 is 5.84 Å². The van der Waals surface area contributed by atoms with Gasteiger partial charge in [0.05, 0.1) is 0 Å². The molecule has 114 valence electrons. The lowest BCUT2D eigenvalue weighted by Gasteiger charge is -2.42. The van der Waals surface area contributed by atoms with Crippen molar-refractivity contribution in [2.24, 2.45) is 5.73 Å². The fourth-order valence-corrected chi connectivity index (χ4v) is 3.73. The van der Waals surface area contributed by atoms with Gasteiger partial charge in [-0.05, 0) is 50.4 Å². The smallest absolute Gasteiger partial charge is 0.122 e. The van der Waals surface area contributed by atoms with Crippen molar-refractivity contribution in [3.8, 4) is 0 Å². The van der Waals surface area contributed by atoms with Crippen LogP contribution < -0.4 is 5.73 Å². The van der Waals surface area contributed by atoms with Crippen molar-refractivity contribution in [2.75, 3.05) is 19.6 Å². The molecule has 0 aromatic heterocycles. The highest BCUT2D eigenvalue weighted by molar-refractivity contribution is 5.95. The number of nitrogens with two attached hydrogens (primary N) is 1. The Bertz CT molecular complexity index is 540. The van der Waals surface area contributed by atoms with Gasteiger partial charge in [-0.3, -0.25) is 15.2 Å². The van der Waals surface area contributed by atoms with Gasteiger partial charge in [-0.15, -0.1) is 0 Å². The minimum Gasteiger partial charge on any atom is -0.384 e. The number of piperazine rings is 1. The molecule has 0 aliphatic carbocycles. The van der Waals surface area contributed by atoms with Gasteiger partial charge in [0.15, 0.2) is 0 Å². The number of hydrogen-bond acceptors (Lipinski definition) is 3. The van der Waals surface area contributed by atoms with Crippen molar-refractivity contribution < 1.29 is 0 Å². The molecule has 2 unspecified atom stereocenters. The van der Waals surface area contributed by atoms with Crippen LogP contribution in [0.1, 0.15) is 36.5 Å². The van der Waals surface area contributed by atoms with E-state index in [0.717, 1.165) is 18.2 Å². The molecule has 2 fully saturated rings. The average Bonchev–Trinajstić information content (AvgIpc) is 2.88. The van der Waals surface area contributed by atoms with Gasteiger partial charge in [0.1, 0.15) is 5.84 Å². The Morgan fingerprint density at radius 2 is 2.19 bits per heavy atom. The molecule has 3 rings (SSSR count). The molecule has 2 atom stereocenters. The molecular weight excluding hydrogens is 260 g/mol. The lowest BCUT2D eigenvalue weighted by atomic mass is 10.0. The molecule has 2 aliphatic heterocycles. The topological polar surface area (TPSA) is 56.4 Å². The number of fused-ring (bicyclic) bond motifs is 1. The van der Waals surface area contributed by atoms with Gasteiger partial charge in [-0.25, -0.2) is 0 Å². The van der Waals surface area contributed by atoms with Gasteiger partial charge in [-0.2, -0.15) is 0 Å². The zero-order valence-corrected chi connectivity index (χ0v) is 13.1. The van der Waals surface area contributed by atoms with Crippen molar-refractivity contribution in [1.82, 2.24) is 9.80 Å². The molecule has 4 heteroatoms. The average molecular weight is 286 g/mol. The van der Waals surface area contributed by atoms with Gasteiger partial charge in [0.2, 0.25) is 0 Å². The third-order valence-corrected chi connectivity index (χ3v) is 5.09. The van der Waals surface area contributed by atoms with Crippen LogP contribution in [0.15, 0.2) is 18.2 Å². The third kappa shape index (κ3) is 2.97.